The molecule has 2 aromatic carbocycles. The number of thiocarbonyl (C=S) groups is 1. The smallest absolute Gasteiger partial charge is 0.187 e. The Morgan fingerprint density at radius 1 is 1.00 bits per heavy atom. The van der Waals surface area contributed by atoms with Crippen LogP contribution in [-0.2, 0) is 0 Å². The van der Waals surface area contributed by atoms with Gasteiger partial charge in [0, 0.05) is 23.4 Å². The largest absolute Gasteiger partial charge is 0.359 e. The molecule has 0 bridgehead atoms. The van der Waals surface area contributed by atoms with E-state index >= 15 is 0 Å². The number of aromatic nitrogens is 2. The van der Waals surface area contributed by atoms with Gasteiger partial charge in [-0.1, -0.05) is 67.8 Å². The second kappa shape index (κ2) is 9.47. The number of nitrogens with zero attached hydrogens (tertiary/aromatic N) is 3. The van der Waals surface area contributed by atoms with Crippen LogP contribution < -0.4 is 10.7 Å². The normalized spacial score (nSPS) is 14.8. The lowest BCUT2D eigenvalue weighted by Gasteiger charge is -2.23. The van der Waals surface area contributed by atoms with Crippen LogP contribution in [-0.4, -0.2) is 27.1 Å². The zero-order chi connectivity index (χ0) is 19.9. The van der Waals surface area contributed by atoms with Gasteiger partial charge >= 0.3 is 0 Å². The molecule has 29 heavy (non-hydrogen) atoms. The van der Waals surface area contributed by atoms with Crippen molar-refractivity contribution in [1.82, 2.24) is 20.5 Å². The van der Waals surface area contributed by atoms with E-state index in [1.54, 1.807) is 6.21 Å². The van der Waals surface area contributed by atoms with Gasteiger partial charge in [-0.3, -0.25) is 5.43 Å². The molecule has 0 aliphatic heterocycles. The van der Waals surface area contributed by atoms with Crippen molar-refractivity contribution in [2.45, 2.75) is 38.1 Å². The van der Waals surface area contributed by atoms with Crippen LogP contribution in [0.3, 0.4) is 0 Å². The third kappa shape index (κ3) is 5.09. The Morgan fingerprint density at radius 3 is 2.41 bits per heavy atom. The van der Waals surface area contributed by atoms with Gasteiger partial charge in [-0.05, 0) is 37.2 Å². The van der Waals surface area contributed by atoms with Crippen molar-refractivity contribution in [3.8, 4) is 16.9 Å². The molecule has 148 valence electrons. The number of benzene rings is 2. The highest BCUT2D eigenvalue weighted by atomic mass is 32.1. The molecule has 6 heteroatoms. The molecule has 1 fully saturated rings. The predicted octanol–water partition coefficient (Wildman–Crippen LogP) is 4.67. The summed E-state index contributed by atoms with van der Waals surface area (Å²) in [5, 5.41) is 13.1. The standard InChI is InChI=1S/C23H25N5S/c29-23(25-20-12-6-2-7-13-20)26-24-16-19-17-28(21-14-8-3-9-15-21)27-22(19)18-10-4-1-5-11-18/h1,3-5,8-11,14-17,20H,2,6-7,12-13H2,(H2,25,26,29)/b24-16+. The zero-order valence-electron chi connectivity index (χ0n) is 16.3. The van der Waals surface area contributed by atoms with Gasteiger partial charge < -0.3 is 5.32 Å². The Balaban J connectivity index is 1.51. The molecule has 5 nitrogen and oxygen atoms in total. The first-order valence-electron chi connectivity index (χ1n) is 10.1. The van der Waals surface area contributed by atoms with Gasteiger partial charge in [-0.2, -0.15) is 10.2 Å². The van der Waals surface area contributed by atoms with Gasteiger partial charge in [0.25, 0.3) is 0 Å². The molecule has 0 unspecified atom stereocenters. The predicted molar refractivity (Wildman–Crippen MR) is 122 cm³/mol. The summed E-state index contributed by atoms with van der Waals surface area (Å²) in [6.07, 6.45) is 9.97. The van der Waals surface area contributed by atoms with Gasteiger partial charge in [0.1, 0.15) is 5.69 Å². The molecule has 1 aliphatic carbocycles. The van der Waals surface area contributed by atoms with Crippen molar-refractivity contribution in [1.29, 1.82) is 0 Å². The Bertz CT molecular complexity index is 959. The van der Waals surface area contributed by atoms with Gasteiger partial charge in [0.2, 0.25) is 0 Å². The number of hydrogen-bond acceptors (Lipinski definition) is 3. The maximum absolute atomic E-state index is 5.40. The Labute approximate surface area is 176 Å². The van der Waals surface area contributed by atoms with Crippen LogP contribution in [0.1, 0.15) is 37.7 Å². The zero-order valence-corrected chi connectivity index (χ0v) is 17.1. The van der Waals surface area contributed by atoms with E-state index in [-0.39, 0.29) is 0 Å². The van der Waals surface area contributed by atoms with Gasteiger partial charge in [-0.25, -0.2) is 4.68 Å². The summed E-state index contributed by atoms with van der Waals surface area (Å²) in [5.41, 5.74) is 6.82. The molecule has 0 atom stereocenters. The average molecular weight is 404 g/mol. The van der Waals surface area contributed by atoms with Crippen LogP contribution >= 0.6 is 12.2 Å². The summed E-state index contributed by atoms with van der Waals surface area (Å²) in [5.74, 6) is 0. The SMILES string of the molecule is S=C(N/N=C/c1cn(-c2ccccc2)nc1-c1ccccc1)NC1CCCCC1. The molecule has 1 aliphatic rings. The van der Waals surface area contributed by atoms with E-state index in [9.17, 15) is 0 Å². The quantitative estimate of drug-likeness (QED) is 0.369. The molecule has 0 radical (unpaired) electrons. The summed E-state index contributed by atoms with van der Waals surface area (Å²) >= 11 is 5.40. The summed E-state index contributed by atoms with van der Waals surface area (Å²) < 4.78 is 1.88. The molecule has 4 rings (SSSR count). The lowest BCUT2D eigenvalue weighted by molar-refractivity contribution is 0.412. The monoisotopic (exact) mass is 403 g/mol. The van der Waals surface area contributed by atoms with Crippen molar-refractivity contribution in [3.63, 3.8) is 0 Å². The van der Waals surface area contributed by atoms with Crippen LogP contribution in [0.25, 0.3) is 16.9 Å². The van der Waals surface area contributed by atoms with Crippen molar-refractivity contribution < 1.29 is 0 Å². The highest BCUT2D eigenvalue weighted by molar-refractivity contribution is 7.80. The third-order valence-electron chi connectivity index (χ3n) is 5.12. The lowest BCUT2D eigenvalue weighted by Crippen LogP contribution is -2.40. The third-order valence-corrected chi connectivity index (χ3v) is 5.33. The van der Waals surface area contributed by atoms with Crippen LogP contribution in [0, 0.1) is 0 Å². The highest BCUT2D eigenvalue weighted by Gasteiger charge is 2.14. The van der Waals surface area contributed by atoms with Gasteiger partial charge in [-0.15, -0.1) is 0 Å². The van der Waals surface area contributed by atoms with E-state index in [2.05, 4.69) is 28.0 Å². The van der Waals surface area contributed by atoms with E-state index in [1.807, 2.05) is 59.4 Å². The second-order valence-corrected chi connectivity index (χ2v) is 7.67. The molecular weight excluding hydrogens is 378 g/mol. The fourth-order valence-electron chi connectivity index (χ4n) is 3.64. The molecule has 0 saturated heterocycles. The summed E-state index contributed by atoms with van der Waals surface area (Å²) in [7, 11) is 0. The molecule has 2 N–H and O–H groups in total. The van der Waals surface area contributed by atoms with Crippen molar-refractivity contribution in [3.05, 3.63) is 72.4 Å². The molecule has 1 saturated carbocycles. The molecule has 1 heterocycles. The minimum Gasteiger partial charge on any atom is -0.359 e. The molecule has 0 spiro atoms. The number of rotatable bonds is 5. The maximum atomic E-state index is 5.40. The van der Waals surface area contributed by atoms with E-state index in [1.165, 1.54) is 32.1 Å². The van der Waals surface area contributed by atoms with Crippen LogP contribution in [0.4, 0.5) is 0 Å². The van der Waals surface area contributed by atoms with Crippen LogP contribution in [0.5, 0.6) is 0 Å². The topological polar surface area (TPSA) is 54.2 Å². The van der Waals surface area contributed by atoms with Crippen molar-refractivity contribution in [2.75, 3.05) is 0 Å². The minimum atomic E-state index is 0.458. The van der Waals surface area contributed by atoms with Crippen molar-refractivity contribution in [2.24, 2.45) is 5.10 Å². The second-order valence-electron chi connectivity index (χ2n) is 7.26. The number of nitrogens with one attached hydrogen (secondary N) is 2. The summed E-state index contributed by atoms with van der Waals surface area (Å²) in [6.45, 7) is 0. The fraction of sp³-hybridized carbons (Fsp3) is 0.261. The lowest BCUT2D eigenvalue weighted by atomic mass is 9.96. The first-order chi connectivity index (χ1) is 14.3. The Kier molecular flexibility index (Phi) is 6.32. The molecule has 3 aromatic rings. The molecular formula is C23H25N5S. The fourth-order valence-corrected chi connectivity index (χ4v) is 3.86. The molecule has 1 aromatic heterocycles. The maximum Gasteiger partial charge on any atom is 0.187 e. The van der Waals surface area contributed by atoms with E-state index in [4.69, 9.17) is 17.3 Å². The Morgan fingerprint density at radius 2 is 1.69 bits per heavy atom. The summed E-state index contributed by atoms with van der Waals surface area (Å²) in [6, 6.07) is 20.7. The highest BCUT2D eigenvalue weighted by Crippen LogP contribution is 2.22. The number of hydrogen-bond donors (Lipinski definition) is 2. The average Bonchev–Trinajstić information content (AvgIpc) is 3.20. The molecule has 0 amide bonds. The Hall–Kier alpha value is -2.99. The van der Waals surface area contributed by atoms with E-state index in [0.29, 0.717) is 11.2 Å². The van der Waals surface area contributed by atoms with Crippen LogP contribution in [0.15, 0.2) is 72.0 Å². The van der Waals surface area contributed by atoms with Crippen LogP contribution in [0.2, 0.25) is 0 Å². The summed E-state index contributed by atoms with van der Waals surface area (Å²) in [4.78, 5) is 0. The number of para-hydroxylation sites is 1. The van der Waals surface area contributed by atoms with E-state index < -0.39 is 0 Å². The minimum absolute atomic E-state index is 0.458. The van der Waals surface area contributed by atoms with Crippen molar-refractivity contribution >= 4 is 23.5 Å². The number of hydrazone groups is 1. The van der Waals surface area contributed by atoms with E-state index in [0.717, 1.165) is 22.5 Å². The first kappa shape index (κ1) is 19.3. The van der Waals surface area contributed by atoms with Gasteiger partial charge in [0.05, 0.1) is 11.9 Å². The van der Waals surface area contributed by atoms with Gasteiger partial charge in [0.15, 0.2) is 5.11 Å². The first-order valence-corrected chi connectivity index (χ1v) is 10.5.